The molecule has 6 N–H and O–H groups in total. The zero-order chi connectivity index (χ0) is 15.2. The molecule has 2 rings (SSSR count). The lowest BCUT2D eigenvalue weighted by molar-refractivity contribution is 0.475. The van der Waals surface area contributed by atoms with Crippen molar-refractivity contribution in [2.24, 2.45) is 21.5 Å². The highest BCUT2D eigenvalue weighted by molar-refractivity contribution is 6.30. The van der Waals surface area contributed by atoms with Crippen molar-refractivity contribution in [3.8, 4) is 5.75 Å². The minimum atomic E-state index is 0.0149. The van der Waals surface area contributed by atoms with Gasteiger partial charge in [-0.3, -0.25) is 0 Å². The Balaban J connectivity index is 2.06. The van der Waals surface area contributed by atoms with Crippen LogP contribution in [-0.4, -0.2) is 17.0 Å². The second-order valence-corrected chi connectivity index (χ2v) is 4.55. The van der Waals surface area contributed by atoms with Crippen molar-refractivity contribution < 1.29 is 5.11 Å². The zero-order valence-electron chi connectivity index (χ0n) is 11.0. The molecule has 2 aromatic carbocycles. The van der Waals surface area contributed by atoms with Gasteiger partial charge in [0.25, 0.3) is 0 Å². The fourth-order valence-electron chi connectivity index (χ4n) is 1.52. The van der Waals surface area contributed by atoms with Crippen LogP contribution in [0, 0.1) is 0 Å². The second kappa shape index (κ2) is 6.62. The molecule has 0 saturated heterocycles. The number of aliphatic imine (C=N–C) groups is 2. The van der Waals surface area contributed by atoms with E-state index in [4.69, 9.17) is 23.1 Å². The van der Waals surface area contributed by atoms with Crippen LogP contribution in [0.15, 0.2) is 58.5 Å². The molecule has 0 unspecified atom stereocenters. The average Bonchev–Trinajstić information content (AvgIpc) is 2.44. The monoisotopic (exact) mass is 303 g/mol. The lowest BCUT2D eigenvalue weighted by Crippen LogP contribution is -2.25. The third kappa shape index (κ3) is 4.70. The number of nitrogens with two attached hydrogens (primary N) is 2. The summed E-state index contributed by atoms with van der Waals surface area (Å²) in [6.07, 6.45) is 0. The van der Waals surface area contributed by atoms with Crippen LogP contribution in [0.3, 0.4) is 0 Å². The molecule has 21 heavy (non-hydrogen) atoms. The maximum Gasteiger partial charge on any atom is 0.223 e. The maximum atomic E-state index is 9.18. The number of rotatable bonds is 2. The van der Waals surface area contributed by atoms with Gasteiger partial charge in [-0.05, 0) is 48.5 Å². The van der Waals surface area contributed by atoms with Crippen LogP contribution in [0.4, 0.5) is 11.4 Å². The van der Waals surface area contributed by atoms with Gasteiger partial charge in [-0.2, -0.15) is 4.99 Å². The lowest BCUT2D eigenvalue weighted by Gasteiger charge is -2.05. The number of hydrogen-bond donors (Lipinski definition) is 4. The second-order valence-electron chi connectivity index (χ2n) is 4.12. The van der Waals surface area contributed by atoms with Gasteiger partial charge in [0.1, 0.15) is 5.75 Å². The summed E-state index contributed by atoms with van der Waals surface area (Å²) < 4.78 is 0. The van der Waals surface area contributed by atoms with Crippen molar-refractivity contribution in [3.63, 3.8) is 0 Å². The van der Waals surface area contributed by atoms with Gasteiger partial charge in [-0.25, -0.2) is 4.99 Å². The van der Waals surface area contributed by atoms with Crippen molar-refractivity contribution >= 4 is 34.9 Å². The molecule has 0 heterocycles. The SMILES string of the molecule is NC(=Nc1ccc(Cl)cc1)N=C(N)Nc1ccc(O)cc1. The molecular formula is C14H14ClN5O. The highest BCUT2D eigenvalue weighted by Crippen LogP contribution is 2.16. The molecular weight excluding hydrogens is 290 g/mol. The van der Waals surface area contributed by atoms with Gasteiger partial charge in [0.05, 0.1) is 5.69 Å². The lowest BCUT2D eigenvalue weighted by atomic mass is 10.3. The van der Waals surface area contributed by atoms with E-state index < -0.39 is 0 Å². The minimum Gasteiger partial charge on any atom is -0.508 e. The van der Waals surface area contributed by atoms with Crippen LogP contribution in [0.25, 0.3) is 0 Å². The third-order valence-corrected chi connectivity index (χ3v) is 2.70. The number of phenols is 1. The minimum absolute atomic E-state index is 0.0149. The van der Waals surface area contributed by atoms with Gasteiger partial charge >= 0.3 is 0 Å². The molecule has 0 atom stereocenters. The number of phenolic OH excluding ortho intramolecular Hbond substituents is 1. The summed E-state index contributed by atoms with van der Waals surface area (Å²) in [6, 6.07) is 13.2. The van der Waals surface area contributed by atoms with Crippen molar-refractivity contribution in [1.29, 1.82) is 0 Å². The van der Waals surface area contributed by atoms with Crippen LogP contribution >= 0.6 is 11.6 Å². The summed E-state index contributed by atoms with van der Waals surface area (Å²) in [6.45, 7) is 0. The Labute approximate surface area is 126 Å². The average molecular weight is 304 g/mol. The summed E-state index contributed by atoms with van der Waals surface area (Å²) in [5, 5.41) is 12.6. The van der Waals surface area contributed by atoms with Gasteiger partial charge in [-0.1, -0.05) is 11.6 Å². The molecule has 6 nitrogen and oxygen atoms in total. The Bertz CT molecular complexity index is 665. The summed E-state index contributed by atoms with van der Waals surface area (Å²) in [4.78, 5) is 8.01. The van der Waals surface area contributed by atoms with Gasteiger partial charge in [-0.15, -0.1) is 0 Å². The van der Waals surface area contributed by atoms with E-state index in [9.17, 15) is 5.11 Å². The molecule has 0 spiro atoms. The Morgan fingerprint density at radius 2 is 1.62 bits per heavy atom. The molecule has 0 amide bonds. The summed E-state index contributed by atoms with van der Waals surface area (Å²) in [7, 11) is 0. The Kier molecular flexibility index (Phi) is 4.63. The number of nitrogens with zero attached hydrogens (tertiary/aromatic N) is 2. The number of anilines is 1. The Morgan fingerprint density at radius 1 is 1.00 bits per heavy atom. The van der Waals surface area contributed by atoms with Crippen molar-refractivity contribution in [2.75, 3.05) is 5.32 Å². The largest absolute Gasteiger partial charge is 0.508 e. The number of hydrogen-bond acceptors (Lipinski definition) is 2. The predicted molar refractivity (Wildman–Crippen MR) is 86.1 cm³/mol. The van der Waals surface area contributed by atoms with Crippen LogP contribution in [-0.2, 0) is 0 Å². The number of halogens is 1. The standard InChI is InChI=1S/C14H14ClN5O/c15-9-1-3-10(4-2-9)18-13(16)20-14(17)19-11-5-7-12(21)8-6-11/h1-8,21H,(H5,16,17,18,19,20). The molecule has 0 fully saturated rings. The molecule has 0 bridgehead atoms. The van der Waals surface area contributed by atoms with E-state index in [1.165, 1.54) is 12.1 Å². The molecule has 7 heteroatoms. The fourth-order valence-corrected chi connectivity index (χ4v) is 1.64. The first-order valence-electron chi connectivity index (χ1n) is 6.03. The van der Waals surface area contributed by atoms with Crippen molar-refractivity contribution in [1.82, 2.24) is 0 Å². The highest BCUT2D eigenvalue weighted by atomic mass is 35.5. The number of benzene rings is 2. The van der Waals surface area contributed by atoms with Crippen LogP contribution in [0.5, 0.6) is 5.75 Å². The van der Waals surface area contributed by atoms with E-state index in [-0.39, 0.29) is 17.7 Å². The van der Waals surface area contributed by atoms with E-state index >= 15 is 0 Å². The molecule has 0 radical (unpaired) electrons. The third-order valence-electron chi connectivity index (χ3n) is 2.44. The number of aromatic hydroxyl groups is 1. The Morgan fingerprint density at radius 3 is 2.24 bits per heavy atom. The molecule has 0 aliphatic carbocycles. The van der Waals surface area contributed by atoms with Gasteiger partial charge in [0.2, 0.25) is 11.9 Å². The molecule has 0 aliphatic rings. The van der Waals surface area contributed by atoms with E-state index in [2.05, 4.69) is 15.3 Å². The Hall–Kier alpha value is -2.73. The smallest absolute Gasteiger partial charge is 0.223 e. The summed E-state index contributed by atoms with van der Waals surface area (Å²) >= 11 is 5.78. The van der Waals surface area contributed by atoms with Gasteiger partial charge in [0.15, 0.2) is 0 Å². The summed E-state index contributed by atoms with van der Waals surface area (Å²) in [5.41, 5.74) is 12.7. The normalized spacial score (nSPS) is 12.2. The molecule has 2 aromatic rings. The van der Waals surface area contributed by atoms with E-state index in [0.29, 0.717) is 16.4 Å². The molecule has 0 aromatic heterocycles. The number of guanidine groups is 2. The van der Waals surface area contributed by atoms with E-state index in [1.54, 1.807) is 36.4 Å². The van der Waals surface area contributed by atoms with Crippen LogP contribution < -0.4 is 16.8 Å². The quantitative estimate of drug-likeness (QED) is 0.388. The first-order valence-corrected chi connectivity index (χ1v) is 6.41. The molecule has 0 aliphatic heterocycles. The summed E-state index contributed by atoms with van der Waals surface area (Å²) in [5.74, 6) is 0.275. The van der Waals surface area contributed by atoms with Crippen LogP contribution in [0.1, 0.15) is 0 Å². The molecule has 108 valence electrons. The van der Waals surface area contributed by atoms with E-state index in [1.807, 2.05) is 0 Å². The van der Waals surface area contributed by atoms with Gasteiger partial charge in [0, 0.05) is 10.7 Å². The van der Waals surface area contributed by atoms with E-state index in [0.717, 1.165) is 0 Å². The van der Waals surface area contributed by atoms with Crippen molar-refractivity contribution in [3.05, 3.63) is 53.6 Å². The van der Waals surface area contributed by atoms with Gasteiger partial charge < -0.3 is 21.9 Å². The molecule has 0 saturated carbocycles. The highest BCUT2D eigenvalue weighted by Gasteiger charge is 1.98. The zero-order valence-corrected chi connectivity index (χ0v) is 11.7. The first-order chi connectivity index (χ1) is 10.0. The first kappa shape index (κ1) is 14.7. The predicted octanol–water partition coefficient (Wildman–Crippen LogP) is 2.42. The van der Waals surface area contributed by atoms with Crippen LogP contribution in [0.2, 0.25) is 5.02 Å². The van der Waals surface area contributed by atoms with Crippen molar-refractivity contribution in [2.45, 2.75) is 0 Å². The topological polar surface area (TPSA) is 109 Å². The number of nitrogens with one attached hydrogen (secondary N) is 1. The maximum absolute atomic E-state index is 9.18. The fraction of sp³-hybridized carbons (Fsp3) is 0.